The average Bonchev–Trinajstić information content (AvgIpc) is 2.95. The van der Waals surface area contributed by atoms with Crippen LogP contribution in [0.15, 0.2) is 41.5 Å². The predicted molar refractivity (Wildman–Crippen MR) is 113 cm³/mol. The molecule has 168 valence electrons. The molecule has 4 rings (SSSR count). The molecule has 5 unspecified atom stereocenters. The molecular weight excluding hydrogens is 398 g/mol. The summed E-state index contributed by atoms with van der Waals surface area (Å²) in [5.74, 6) is -0.331. The SMILES string of the molecule is COC(=O)C1CC2=C(C(C)C3OCCOC3CC2)C(COCc2ccccc2)N1C=O. The van der Waals surface area contributed by atoms with Crippen molar-refractivity contribution in [3.8, 4) is 0 Å². The molecule has 1 aliphatic carbocycles. The van der Waals surface area contributed by atoms with E-state index in [1.54, 1.807) is 4.90 Å². The van der Waals surface area contributed by atoms with Gasteiger partial charge in [0.05, 0.1) is 51.8 Å². The van der Waals surface area contributed by atoms with E-state index in [9.17, 15) is 9.59 Å². The van der Waals surface area contributed by atoms with Crippen molar-refractivity contribution in [2.75, 3.05) is 26.9 Å². The molecule has 1 saturated heterocycles. The fraction of sp³-hybridized carbons (Fsp3) is 0.583. The minimum absolute atomic E-state index is 0.0292. The van der Waals surface area contributed by atoms with Crippen molar-refractivity contribution in [2.45, 2.75) is 57.1 Å². The van der Waals surface area contributed by atoms with Crippen molar-refractivity contribution in [1.29, 1.82) is 0 Å². The number of amides is 1. The standard InChI is InChI=1S/C24H31NO6/c1-16-22-18(8-9-21-23(16)31-11-10-30-21)12-19(24(27)28-2)25(15-26)20(22)14-29-13-17-6-4-3-5-7-17/h3-7,15-16,19-21,23H,8-14H2,1-2H3. The Morgan fingerprint density at radius 3 is 2.74 bits per heavy atom. The van der Waals surface area contributed by atoms with Crippen LogP contribution in [0.4, 0.5) is 0 Å². The van der Waals surface area contributed by atoms with Gasteiger partial charge in [0, 0.05) is 5.92 Å². The van der Waals surface area contributed by atoms with E-state index in [1.165, 1.54) is 12.7 Å². The van der Waals surface area contributed by atoms with Crippen molar-refractivity contribution < 1.29 is 28.5 Å². The van der Waals surface area contributed by atoms with Gasteiger partial charge in [-0.1, -0.05) is 42.8 Å². The van der Waals surface area contributed by atoms with E-state index >= 15 is 0 Å². The molecule has 7 nitrogen and oxygen atoms in total. The van der Waals surface area contributed by atoms with Gasteiger partial charge >= 0.3 is 5.97 Å². The van der Waals surface area contributed by atoms with E-state index in [2.05, 4.69) is 6.92 Å². The Kier molecular flexibility index (Phi) is 7.05. The number of esters is 1. The molecule has 0 aromatic heterocycles. The Labute approximate surface area is 183 Å². The third kappa shape index (κ3) is 4.54. The highest BCUT2D eigenvalue weighted by Gasteiger charge is 2.46. The molecule has 2 aliphatic heterocycles. The van der Waals surface area contributed by atoms with Gasteiger partial charge in [-0.2, -0.15) is 0 Å². The normalized spacial score (nSPS) is 30.8. The Morgan fingerprint density at radius 2 is 2.00 bits per heavy atom. The van der Waals surface area contributed by atoms with Gasteiger partial charge in [-0.25, -0.2) is 4.79 Å². The fourth-order valence-electron chi connectivity index (χ4n) is 5.26. The molecule has 1 aromatic carbocycles. The Hall–Kier alpha value is -2.22. The molecule has 0 radical (unpaired) electrons. The molecule has 0 spiro atoms. The van der Waals surface area contributed by atoms with Crippen LogP contribution in [-0.4, -0.2) is 68.5 Å². The third-order valence-electron chi connectivity index (χ3n) is 6.72. The number of carbonyl (C=O) groups is 2. The molecule has 3 aliphatic rings. The van der Waals surface area contributed by atoms with Crippen LogP contribution in [0.1, 0.15) is 31.7 Å². The second-order valence-electron chi connectivity index (χ2n) is 8.44. The molecule has 2 heterocycles. The van der Waals surface area contributed by atoms with Crippen LogP contribution in [-0.2, 0) is 35.1 Å². The molecule has 5 atom stereocenters. The van der Waals surface area contributed by atoms with Crippen LogP contribution in [0.5, 0.6) is 0 Å². The maximum atomic E-state index is 12.5. The molecule has 0 N–H and O–H groups in total. The molecule has 0 bridgehead atoms. The lowest BCUT2D eigenvalue weighted by Crippen LogP contribution is -2.54. The van der Waals surface area contributed by atoms with Crippen LogP contribution in [0, 0.1) is 5.92 Å². The average molecular weight is 430 g/mol. The van der Waals surface area contributed by atoms with Crippen molar-refractivity contribution >= 4 is 12.4 Å². The first-order valence-corrected chi connectivity index (χ1v) is 11.0. The highest BCUT2D eigenvalue weighted by atomic mass is 16.6. The quantitative estimate of drug-likeness (QED) is 0.393. The highest BCUT2D eigenvalue weighted by molar-refractivity contribution is 5.79. The number of nitrogens with zero attached hydrogens (tertiary/aromatic N) is 1. The number of benzene rings is 1. The number of ether oxygens (including phenoxy) is 4. The summed E-state index contributed by atoms with van der Waals surface area (Å²) < 4.78 is 23.2. The zero-order valence-corrected chi connectivity index (χ0v) is 18.2. The minimum atomic E-state index is -0.638. The van der Waals surface area contributed by atoms with Crippen LogP contribution < -0.4 is 0 Å². The molecule has 1 fully saturated rings. The summed E-state index contributed by atoms with van der Waals surface area (Å²) in [5.41, 5.74) is 3.42. The molecule has 31 heavy (non-hydrogen) atoms. The Bertz CT molecular complexity index is 810. The number of rotatable bonds is 6. The van der Waals surface area contributed by atoms with Gasteiger partial charge in [-0.3, -0.25) is 4.79 Å². The van der Waals surface area contributed by atoms with Gasteiger partial charge in [0.1, 0.15) is 6.04 Å². The lowest BCUT2D eigenvalue weighted by Gasteiger charge is -2.44. The Balaban J connectivity index is 1.62. The summed E-state index contributed by atoms with van der Waals surface area (Å²) in [7, 11) is 1.36. The smallest absolute Gasteiger partial charge is 0.328 e. The molecular formula is C24H31NO6. The topological polar surface area (TPSA) is 74.3 Å². The number of methoxy groups -OCH3 is 1. The fourth-order valence-corrected chi connectivity index (χ4v) is 5.26. The van der Waals surface area contributed by atoms with E-state index in [-0.39, 0.29) is 24.2 Å². The van der Waals surface area contributed by atoms with Gasteiger partial charge in [-0.05, 0) is 30.4 Å². The maximum Gasteiger partial charge on any atom is 0.328 e. The monoisotopic (exact) mass is 429 g/mol. The lowest BCUT2D eigenvalue weighted by molar-refractivity contribution is -0.156. The number of carbonyl (C=O) groups excluding carboxylic acids is 2. The van der Waals surface area contributed by atoms with E-state index in [0.29, 0.717) is 32.8 Å². The van der Waals surface area contributed by atoms with Gasteiger partial charge in [0.25, 0.3) is 0 Å². The lowest BCUT2D eigenvalue weighted by atomic mass is 9.80. The molecule has 0 saturated carbocycles. The van der Waals surface area contributed by atoms with Crippen molar-refractivity contribution in [1.82, 2.24) is 4.90 Å². The van der Waals surface area contributed by atoms with Crippen LogP contribution in [0.2, 0.25) is 0 Å². The number of hydrogen-bond donors (Lipinski definition) is 0. The molecule has 7 heteroatoms. The largest absolute Gasteiger partial charge is 0.467 e. The summed E-state index contributed by atoms with van der Waals surface area (Å²) in [6.07, 6.45) is 2.89. The number of hydrogen-bond acceptors (Lipinski definition) is 6. The summed E-state index contributed by atoms with van der Waals surface area (Å²) >= 11 is 0. The predicted octanol–water partition coefficient (Wildman–Crippen LogP) is 2.49. The molecule has 1 aromatic rings. The van der Waals surface area contributed by atoms with Crippen molar-refractivity contribution in [3.63, 3.8) is 0 Å². The van der Waals surface area contributed by atoms with Gasteiger partial charge < -0.3 is 23.8 Å². The van der Waals surface area contributed by atoms with Crippen LogP contribution >= 0.6 is 0 Å². The van der Waals surface area contributed by atoms with E-state index in [4.69, 9.17) is 18.9 Å². The first kappa shape index (κ1) is 22.0. The van der Waals surface area contributed by atoms with Gasteiger partial charge in [-0.15, -0.1) is 0 Å². The second-order valence-corrected chi connectivity index (χ2v) is 8.44. The summed E-state index contributed by atoms with van der Waals surface area (Å²) in [6.45, 7) is 4.07. The van der Waals surface area contributed by atoms with E-state index in [0.717, 1.165) is 30.4 Å². The first-order valence-electron chi connectivity index (χ1n) is 11.0. The van der Waals surface area contributed by atoms with Crippen LogP contribution in [0.25, 0.3) is 0 Å². The summed E-state index contributed by atoms with van der Waals surface area (Å²) in [5, 5.41) is 0. The highest BCUT2D eigenvalue weighted by Crippen LogP contribution is 2.42. The Morgan fingerprint density at radius 1 is 1.23 bits per heavy atom. The van der Waals surface area contributed by atoms with Gasteiger partial charge in [0.15, 0.2) is 0 Å². The number of fused-ring (bicyclic) bond motifs is 1. The molecule has 1 amide bonds. The second kappa shape index (κ2) is 9.94. The minimum Gasteiger partial charge on any atom is -0.467 e. The summed E-state index contributed by atoms with van der Waals surface area (Å²) in [4.78, 5) is 26.3. The zero-order chi connectivity index (χ0) is 21.8. The van der Waals surface area contributed by atoms with Crippen molar-refractivity contribution in [3.05, 3.63) is 47.0 Å². The van der Waals surface area contributed by atoms with Crippen LogP contribution in [0.3, 0.4) is 0 Å². The third-order valence-corrected chi connectivity index (χ3v) is 6.72. The zero-order valence-electron chi connectivity index (χ0n) is 18.2. The first-order chi connectivity index (χ1) is 15.1. The van der Waals surface area contributed by atoms with E-state index < -0.39 is 12.0 Å². The summed E-state index contributed by atoms with van der Waals surface area (Å²) in [6, 6.07) is 8.94. The maximum absolute atomic E-state index is 12.5. The van der Waals surface area contributed by atoms with E-state index in [1.807, 2.05) is 30.3 Å². The van der Waals surface area contributed by atoms with Crippen molar-refractivity contribution in [2.24, 2.45) is 5.92 Å². The van der Waals surface area contributed by atoms with Gasteiger partial charge in [0.2, 0.25) is 6.41 Å².